The van der Waals surface area contributed by atoms with E-state index >= 15 is 0 Å². The average molecular weight is 449 g/mol. The Balaban J connectivity index is 1.37. The molecular weight excluding hydrogens is 416 g/mol. The van der Waals surface area contributed by atoms with E-state index in [1.807, 2.05) is 30.3 Å². The molecule has 0 spiro atoms. The fourth-order valence-electron chi connectivity index (χ4n) is 4.29. The number of nitrogens with one attached hydrogen (secondary N) is 1. The summed E-state index contributed by atoms with van der Waals surface area (Å²) in [6.45, 7) is 9.17. The van der Waals surface area contributed by atoms with Gasteiger partial charge in [-0.05, 0) is 37.2 Å². The predicted molar refractivity (Wildman–Crippen MR) is 129 cm³/mol. The van der Waals surface area contributed by atoms with Crippen LogP contribution in [0.2, 0.25) is 0 Å². The number of fused-ring (bicyclic) bond motifs is 1. The lowest BCUT2D eigenvalue weighted by atomic mass is 10.1. The zero-order valence-electron chi connectivity index (χ0n) is 19.2. The van der Waals surface area contributed by atoms with E-state index in [4.69, 9.17) is 0 Å². The molecule has 0 unspecified atom stereocenters. The van der Waals surface area contributed by atoms with Crippen LogP contribution in [-0.4, -0.2) is 76.3 Å². The number of likely N-dealkylation sites (N-methyl/N-ethyl adjacent to an activating group) is 1. The van der Waals surface area contributed by atoms with Crippen LogP contribution >= 0.6 is 0 Å². The van der Waals surface area contributed by atoms with Crippen molar-refractivity contribution in [2.75, 3.05) is 45.8 Å². The summed E-state index contributed by atoms with van der Waals surface area (Å²) in [7, 11) is 0. The Morgan fingerprint density at radius 1 is 1.03 bits per heavy atom. The second kappa shape index (κ2) is 11.2. The molecule has 3 aromatic rings. The number of hydrogen-bond acceptors (Lipinski definition) is 6. The smallest absolute Gasteiger partial charge is 0.275 e. The van der Waals surface area contributed by atoms with Gasteiger partial charge in [-0.2, -0.15) is 5.10 Å². The fourth-order valence-corrected chi connectivity index (χ4v) is 4.29. The Morgan fingerprint density at radius 2 is 1.79 bits per heavy atom. The summed E-state index contributed by atoms with van der Waals surface area (Å²) in [4.78, 5) is 34.6. The van der Waals surface area contributed by atoms with Gasteiger partial charge in [-0.1, -0.05) is 31.2 Å². The molecule has 3 heterocycles. The van der Waals surface area contributed by atoms with Crippen LogP contribution in [0.4, 0.5) is 0 Å². The number of carbonyl (C=O) groups excluding carboxylic acids is 1. The first-order chi connectivity index (χ1) is 16.1. The molecule has 1 fully saturated rings. The number of amides is 1. The number of carbonyl (C=O) groups is 1. The summed E-state index contributed by atoms with van der Waals surface area (Å²) >= 11 is 0. The van der Waals surface area contributed by atoms with Crippen LogP contribution in [0, 0.1) is 0 Å². The maximum Gasteiger partial charge on any atom is 0.275 e. The molecule has 1 amide bonds. The second-order valence-corrected chi connectivity index (χ2v) is 8.47. The first-order valence-corrected chi connectivity index (χ1v) is 11.7. The van der Waals surface area contributed by atoms with Gasteiger partial charge in [0.2, 0.25) is 5.91 Å². The molecule has 0 saturated carbocycles. The number of rotatable bonds is 9. The molecule has 0 radical (unpaired) electrons. The van der Waals surface area contributed by atoms with Gasteiger partial charge in [0, 0.05) is 56.9 Å². The molecule has 8 heteroatoms. The molecule has 33 heavy (non-hydrogen) atoms. The molecule has 1 aromatic carbocycles. The molecule has 1 aliphatic heterocycles. The summed E-state index contributed by atoms with van der Waals surface area (Å²) < 4.78 is 1.29. The zero-order chi connectivity index (χ0) is 23.0. The van der Waals surface area contributed by atoms with Crippen LogP contribution in [0.3, 0.4) is 0 Å². The first kappa shape index (κ1) is 23.1. The van der Waals surface area contributed by atoms with Crippen LogP contribution < -0.4 is 10.9 Å². The molecule has 0 bridgehead atoms. The number of hydrogen-bond donors (Lipinski definition) is 1. The minimum atomic E-state index is -0.246. The summed E-state index contributed by atoms with van der Waals surface area (Å²) in [5, 5.41) is 8.89. The van der Waals surface area contributed by atoms with E-state index in [-0.39, 0.29) is 18.0 Å². The summed E-state index contributed by atoms with van der Waals surface area (Å²) in [5.74, 6) is -0.192. The topological polar surface area (TPSA) is 83.4 Å². The summed E-state index contributed by atoms with van der Waals surface area (Å²) in [5.41, 5.74) is 1.52. The normalized spacial score (nSPS) is 15.1. The Kier molecular flexibility index (Phi) is 7.80. The SMILES string of the molecule is CCN1CCN(CCCNC(=O)Cn2nc(Cc3cccnc3)c3ccccc3c2=O)CC1. The van der Waals surface area contributed by atoms with Crippen LogP contribution in [0.1, 0.15) is 24.6 Å². The Hall–Kier alpha value is -3.10. The van der Waals surface area contributed by atoms with Crippen molar-refractivity contribution in [1.29, 1.82) is 0 Å². The highest BCUT2D eigenvalue weighted by Crippen LogP contribution is 2.16. The largest absolute Gasteiger partial charge is 0.354 e. The fraction of sp³-hybridized carbons (Fsp3) is 0.440. The maximum atomic E-state index is 13.0. The van der Waals surface area contributed by atoms with Crippen molar-refractivity contribution < 1.29 is 4.79 Å². The summed E-state index contributed by atoms with van der Waals surface area (Å²) in [6, 6.07) is 11.3. The lowest BCUT2D eigenvalue weighted by Crippen LogP contribution is -2.46. The maximum absolute atomic E-state index is 13.0. The third-order valence-electron chi connectivity index (χ3n) is 6.22. The highest BCUT2D eigenvalue weighted by atomic mass is 16.2. The third kappa shape index (κ3) is 6.03. The Bertz CT molecular complexity index is 1120. The van der Waals surface area contributed by atoms with E-state index in [2.05, 4.69) is 32.1 Å². The Morgan fingerprint density at radius 3 is 2.52 bits per heavy atom. The lowest BCUT2D eigenvalue weighted by Gasteiger charge is -2.33. The Labute approximate surface area is 194 Å². The monoisotopic (exact) mass is 448 g/mol. The number of benzene rings is 1. The van der Waals surface area contributed by atoms with Crippen LogP contribution in [0.15, 0.2) is 53.6 Å². The average Bonchev–Trinajstić information content (AvgIpc) is 2.86. The molecule has 2 aromatic heterocycles. The van der Waals surface area contributed by atoms with E-state index in [9.17, 15) is 9.59 Å². The molecule has 0 aliphatic carbocycles. The first-order valence-electron chi connectivity index (χ1n) is 11.7. The van der Waals surface area contributed by atoms with Gasteiger partial charge in [-0.3, -0.25) is 14.6 Å². The number of pyridine rings is 1. The van der Waals surface area contributed by atoms with Crippen molar-refractivity contribution in [3.8, 4) is 0 Å². The third-order valence-corrected chi connectivity index (χ3v) is 6.22. The van der Waals surface area contributed by atoms with Gasteiger partial charge in [0.05, 0.1) is 11.1 Å². The molecule has 1 N–H and O–H groups in total. The molecular formula is C25H32N6O2. The van der Waals surface area contributed by atoms with Crippen molar-refractivity contribution in [3.63, 3.8) is 0 Å². The van der Waals surface area contributed by atoms with E-state index in [1.54, 1.807) is 18.5 Å². The minimum Gasteiger partial charge on any atom is -0.354 e. The van der Waals surface area contributed by atoms with Crippen molar-refractivity contribution in [3.05, 3.63) is 70.4 Å². The molecule has 1 aliphatic rings. The highest BCUT2D eigenvalue weighted by Gasteiger charge is 2.16. The lowest BCUT2D eigenvalue weighted by molar-refractivity contribution is -0.121. The van der Waals surface area contributed by atoms with Gasteiger partial charge in [0.1, 0.15) is 6.54 Å². The molecule has 1 saturated heterocycles. The number of nitrogens with zero attached hydrogens (tertiary/aromatic N) is 5. The van der Waals surface area contributed by atoms with E-state index < -0.39 is 0 Å². The zero-order valence-corrected chi connectivity index (χ0v) is 19.2. The van der Waals surface area contributed by atoms with Gasteiger partial charge < -0.3 is 15.1 Å². The van der Waals surface area contributed by atoms with Crippen molar-refractivity contribution in [2.24, 2.45) is 0 Å². The molecule has 174 valence electrons. The quantitative estimate of drug-likeness (QED) is 0.500. The molecule has 8 nitrogen and oxygen atoms in total. The van der Waals surface area contributed by atoms with Crippen LogP contribution in [-0.2, 0) is 17.8 Å². The van der Waals surface area contributed by atoms with E-state index in [0.717, 1.165) is 62.3 Å². The van der Waals surface area contributed by atoms with Crippen molar-refractivity contribution >= 4 is 16.7 Å². The summed E-state index contributed by atoms with van der Waals surface area (Å²) in [6.07, 6.45) is 4.96. The molecule has 4 rings (SSSR count). The van der Waals surface area contributed by atoms with E-state index in [0.29, 0.717) is 18.4 Å². The predicted octanol–water partition coefficient (Wildman–Crippen LogP) is 1.53. The highest BCUT2D eigenvalue weighted by molar-refractivity contribution is 5.84. The number of piperazine rings is 1. The van der Waals surface area contributed by atoms with Crippen LogP contribution in [0.5, 0.6) is 0 Å². The van der Waals surface area contributed by atoms with Gasteiger partial charge >= 0.3 is 0 Å². The second-order valence-electron chi connectivity index (χ2n) is 8.47. The van der Waals surface area contributed by atoms with Gasteiger partial charge in [-0.15, -0.1) is 0 Å². The molecule has 0 atom stereocenters. The van der Waals surface area contributed by atoms with Crippen molar-refractivity contribution in [1.82, 2.24) is 29.9 Å². The van der Waals surface area contributed by atoms with Crippen molar-refractivity contribution in [2.45, 2.75) is 26.3 Å². The standard InChI is InChI=1S/C25H32N6O2/c1-2-29-13-15-30(16-14-29)12-6-11-27-24(32)19-31-25(33)22-9-4-3-8-21(22)23(28-31)17-20-7-5-10-26-18-20/h3-5,7-10,18H,2,6,11-17,19H2,1H3,(H,27,32). The van der Waals surface area contributed by atoms with Gasteiger partial charge in [-0.25, -0.2) is 4.68 Å². The van der Waals surface area contributed by atoms with Gasteiger partial charge in [0.25, 0.3) is 5.56 Å². The number of aromatic nitrogens is 3. The van der Waals surface area contributed by atoms with Gasteiger partial charge in [0.15, 0.2) is 0 Å². The van der Waals surface area contributed by atoms with E-state index in [1.165, 1.54) is 4.68 Å². The minimum absolute atomic E-state index is 0.0844. The van der Waals surface area contributed by atoms with Crippen LogP contribution in [0.25, 0.3) is 10.8 Å².